The van der Waals surface area contributed by atoms with Gasteiger partial charge in [-0.1, -0.05) is 6.07 Å². The van der Waals surface area contributed by atoms with Crippen LogP contribution in [0.15, 0.2) is 48.8 Å². The summed E-state index contributed by atoms with van der Waals surface area (Å²) in [4.78, 5) is 15.8. The number of rotatable bonds is 6. The zero-order chi connectivity index (χ0) is 23.7. The van der Waals surface area contributed by atoms with Gasteiger partial charge in [0.1, 0.15) is 17.7 Å². The monoisotopic (exact) mass is 458 g/mol. The van der Waals surface area contributed by atoms with E-state index in [-0.39, 0.29) is 6.10 Å². The molecule has 1 aliphatic heterocycles. The third-order valence-electron chi connectivity index (χ3n) is 6.22. The van der Waals surface area contributed by atoms with Crippen molar-refractivity contribution in [1.82, 2.24) is 29.6 Å². The Bertz CT molecular complexity index is 1260. The largest absolute Gasteiger partial charge is 0.468 e. The zero-order valence-corrected chi connectivity index (χ0v) is 19.8. The SMILES string of the molecule is CC(Oc1ccccn1)c1cc2cc(Nc3cc4n(n3)CCN(C(C)C)CC4)ncc2c(N)n1. The summed E-state index contributed by atoms with van der Waals surface area (Å²) >= 11 is 0. The van der Waals surface area contributed by atoms with Crippen LogP contribution < -0.4 is 15.8 Å². The van der Waals surface area contributed by atoms with E-state index >= 15 is 0 Å². The van der Waals surface area contributed by atoms with Crippen LogP contribution in [0.1, 0.15) is 38.3 Å². The van der Waals surface area contributed by atoms with E-state index in [0.717, 1.165) is 48.3 Å². The molecule has 34 heavy (non-hydrogen) atoms. The van der Waals surface area contributed by atoms with Gasteiger partial charge in [-0.2, -0.15) is 5.10 Å². The molecule has 0 aromatic carbocycles. The molecular formula is C25H30N8O. The van der Waals surface area contributed by atoms with Crippen LogP contribution in [0.2, 0.25) is 0 Å². The van der Waals surface area contributed by atoms with Crippen molar-refractivity contribution in [2.75, 3.05) is 24.1 Å². The van der Waals surface area contributed by atoms with Gasteiger partial charge < -0.3 is 15.8 Å². The predicted octanol–water partition coefficient (Wildman–Crippen LogP) is 3.95. The van der Waals surface area contributed by atoms with E-state index in [1.807, 2.05) is 37.3 Å². The van der Waals surface area contributed by atoms with Gasteiger partial charge in [0.15, 0.2) is 5.82 Å². The second-order valence-corrected chi connectivity index (χ2v) is 8.90. The first kappa shape index (κ1) is 22.1. The molecule has 1 aliphatic rings. The summed E-state index contributed by atoms with van der Waals surface area (Å²) in [5.74, 6) is 2.48. The summed E-state index contributed by atoms with van der Waals surface area (Å²) in [6.45, 7) is 9.36. The Morgan fingerprint density at radius 1 is 1.03 bits per heavy atom. The average molecular weight is 459 g/mol. The number of hydrogen-bond donors (Lipinski definition) is 2. The number of anilines is 3. The van der Waals surface area contributed by atoms with Gasteiger partial charge in [-0.25, -0.2) is 15.0 Å². The van der Waals surface area contributed by atoms with Gasteiger partial charge in [0.25, 0.3) is 0 Å². The molecule has 0 radical (unpaired) electrons. The van der Waals surface area contributed by atoms with E-state index in [4.69, 9.17) is 15.6 Å². The second kappa shape index (κ2) is 9.26. The first-order valence-corrected chi connectivity index (χ1v) is 11.7. The van der Waals surface area contributed by atoms with Crippen molar-refractivity contribution < 1.29 is 4.74 Å². The molecule has 9 nitrogen and oxygen atoms in total. The molecule has 176 valence electrons. The number of ether oxygens (including phenoxy) is 1. The average Bonchev–Trinajstić information content (AvgIpc) is 3.09. The lowest BCUT2D eigenvalue weighted by Gasteiger charge is -2.23. The third-order valence-corrected chi connectivity index (χ3v) is 6.22. The maximum absolute atomic E-state index is 6.24. The number of nitrogens with zero attached hydrogens (tertiary/aromatic N) is 6. The van der Waals surface area contributed by atoms with Crippen LogP contribution in [0.5, 0.6) is 5.88 Å². The maximum atomic E-state index is 6.24. The Morgan fingerprint density at radius 2 is 1.91 bits per heavy atom. The number of nitrogens with two attached hydrogens (primary N) is 1. The van der Waals surface area contributed by atoms with Crippen molar-refractivity contribution in [3.63, 3.8) is 0 Å². The van der Waals surface area contributed by atoms with E-state index in [9.17, 15) is 0 Å². The first-order valence-electron chi connectivity index (χ1n) is 11.7. The molecule has 4 aromatic rings. The first-order chi connectivity index (χ1) is 16.5. The van der Waals surface area contributed by atoms with Gasteiger partial charge in [-0.15, -0.1) is 0 Å². The number of nitrogen functional groups attached to an aromatic ring is 1. The lowest BCUT2D eigenvalue weighted by Crippen LogP contribution is -2.33. The molecule has 0 spiro atoms. The standard InChI is InChI=1S/C25H30N8O/c1-16(2)32-9-7-19-14-23(31-33(19)11-10-32)30-22-13-18-12-21(29-25(26)20(18)15-28-22)17(3)34-24-6-4-5-8-27-24/h4-6,8,12-17H,7,9-11H2,1-3H3,(H2,26,29)(H,28,30,31). The summed E-state index contributed by atoms with van der Waals surface area (Å²) in [5.41, 5.74) is 8.21. The van der Waals surface area contributed by atoms with Crippen molar-refractivity contribution in [1.29, 1.82) is 0 Å². The Balaban J connectivity index is 1.35. The van der Waals surface area contributed by atoms with E-state index < -0.39 is 0 Å². The Morgan fingerprint density at radius 3 is 2.71 bits per heavy atom. The molecule has 0 aliphatic carbocycles. The molecule has 0 bridgehead atoms. The normalized spacial score (nSPS) is 15.2. The topological polar surface area (TPSA) is 107 Å². The lowest BCUT2D eigenvalue weighted by atomic mass is 10.1. The Hall–Kier alpha value is -3.72. The summed E-state index contributed by atoms with van der Waals surface area (Å²) in [7, 11) is 0. The van der Waals surface area contributed by atoms with Crippen molar-refractivity contribution in [2.45, 2.75) is 45.9 Å². The highest BCUT2D eigenvalue weighted by Gasteiger charge is 2.18. The molecule has 5 rings (SSSR count). The number of pyridine rings is 3. The fourth-order valence-corrected chi connectivity index (χ4v) is 4.28. The number of fused-ring (bicyclic) bond motifs is 2. The fraction of sp³-hybridized carbons (Fsp3) is 0.360. The van der Waals surface area contributed by atoms with Gasteiger partial charge in [0.2, 0.25) is 5.88 Å². The highest BCUT2D eigenvalue weighted by molar-refractivity contribution is 5.92. The minimum atomic E-state index is -0.305. The summed E-state index contributed by atoms with van der Waals surface area (Å²) in [6.07, 6.45) is 4.12. The predicted molar refractivity (Wildman–Crippen MR) is 133 cm³/mol. The van der Waals surface area contributed by atoms with Crippen LogP contribution in [0, 0.1) is 0 Å². The minimum absolute atomic E-state index is 0.305. The van der Waals surface area contributed by atoms with E-state index in [1.54, 1.807) is 12.4 Å². The number of nitrogens with one attached hydrogen (secondary N) is 1. The van der Waals surface area contributed by atoms with Crippen LogP contribution in [0.25, 0.3) is 10.8 Å². The van der Waals surface area contributed by atoms with Crippen LogP contribution >= 0.6 is 0 Å². The molecular weight excluding hydrogens is 428 g/mol. The van der Waals surface area contributed by atoms with Gasteiger partial charge in [0, 0.05) is 61.2 Å². The highest BCUT2D eigenvalue weighted by atomic mass is 16.5. The maximum Gasteiger partial charge on any atom is 0.213 e. The molecule has 0 saturated heterocycles. The molecule has 3 N–H and O–H groups in total. The van der Waals surface area contributed by atoms with Crippen molar-refractivity contribution in [3.8, 4) is 5.88 Å². The van der Waals surface area contributed by atoms with Gasteiger partial charge in [-0.05, 0) is 44.4 Å². The second-order valence-electron chi connectivity index (χ2n) is 8.90. The summed E-state index contributed by atoms with van der Waals surface area (Å²) < 4.78 is 8.03. The molecule has 0 fully saturated rings. The quantitative estimate of drug-likeness (QED) is 0.447. The molecule has 0 amide bonds. The van der Waals surface area contributed by atoms with Crippen molar-refractivity contribution >= 4 is 28.2 Å². The fourth-order valence-electron chi connectivity index (χ4n) is 4.28. The van der Waals surface area contributed by atoms with Crippen LogP contribution in [-0.2, 0) is 13.0 Å². The van der Waals surface area contributed by atoms with Gasteiger partial charge >= 0.3 is 0 Å². The highest BCUT2D eigenvalue weighted by Crippen LogP contribution is 2.28. The molecule has 4 aromatic heterocycles. The van der Waals surface area contributed by atoms with Gasteiger partial charge in [0.05, 0.1) is 12.2 Å². The summed E-state index contributed by atoms with van der Waals surface area (Å²) in [5, 5.41) is 9.86. The molecule has 1 unspecified atom stereocenters. The molecule has 1 atom stereocenters. The van der Waals surface area contributed by atoms with E-state index in [0.29, 0.717) is 23.6 Å². The molecule has 5 heterocycles. The number of hydrogen-bond acceptors (Lipinski definition) is 8. The van der Waals surface area contributed by atoms with Crippen molar-refractivity contribution in [2.24, 2.45) is 0 Å². The van der Waals surface area contributed by atoms with Crippen LogP contribution in [0.4, 0.5) is 17.5 Å². The van der Waals surface area contributed by atoms with E-state index in [2.05, 4.69) is 49.8 Å². The summed E-state index contributed by atoms with van der Waals surface area (Å²) in [6, 6.07) is 12.2. The Kier molecular flexibility index (Phi) is 6.02. The van der Waals surface area contributed by atoms with Crippen molar-refractivity contribution in [3.05, 3.63) is 60.2 Å². The third kappa shape index (κ3) is 4.65. The molecule has 0 saturated carbocycles. The van der Waals surface area contributed by atoms with Gasteiger partial charge in [-0.3, -0.25) is 9.58 Å². The number of aromatic nitrogens is 5. The lowest BCUT2D eigenvalue weighted by molar-refractivity contribution is 0.213. The van der Waals surface area contributed by atoms with Crippen LogP contribution in [-0.4, -0.2) is 48.8 Å². The zero-order valence-electron chi connectivity index (χ0n) is 19.8. The van der Waals surface area contributed by atoms with Crippen LogP contribution in [0.3, 0.4) is 0 Å². The van der Waals surface area contributed by atoms with E-state index in [1.165, 1.54) is 5.69 Å². The molecule has 9 heteroatoms. The Labute approximate surface area is 199 Å². The smallest absolute Gasteiger partial charge is 0.213 e. The minimum Gasteiger partial charge on any atom is -0.468 e.